The first kappa shape index (κ1) is 14.5. The Morgan fingerprint density at radius 2 is 1.80 bits per heavy atom. The SMILES string of the molecule is [CH2]CC(C)CC/C=C(\C)CCC=C(C)C. The largest absolute Gasteiger partial charge is 0.0856 e. The van der Waals surface area contributed by atoms with Gasteiger partial charge in [-0.3, -0.25) is 0 Å². The predicted octanol–water partition coefficient (Wildman–Crippen LogP) is 5.32. The lowest BCUT2D eigenvalue weighted by Crippen LogP contribution is -1.90. The van der Waals surface area contributed by atoms with E-state index in [0.29, 0.717) is 0 Å². The van der Waals surface area contributed by atoms with Crippen molar-refractivity contribution in [2.75, 3.05) is 0 Å². The lowest BCUT2D eigenvalue weighted by atomic mass is 10.0. The number of hydrogen-bond donors (Lipinski definition) is 0. The Balaban J connectivity index is 3.65. The van der Waals surface area contributed by atoms with E-state index in [4.69, 9.17) is 0 Å². The number of allylic oxidation sites excluding steroid dienone is 4. The van der Waals surface area contributed by atoms with Gasteiger partial charge in [-0.15, -0.1) is 0 Å². The van der Waals surface area contributed by atoms with Crippen LogP contribution in [-0.4, -0.2) is 0 Å². The average molecular weight is 207 g/mol. The summed E-state index contributed by atoms with van der Waals surface area (Å²) in [7, 11) is 0. The van der Waals surface area contributed by atoms with Crippen molar-refractivity contribution in [2.24, 2.45) is 5.92 Å². The fourth-order valence-corrected chi connectivity index (χ4v) is 1.45. The van der Waals surface area contributed by atoms with E-state index in [1.54, 1.807) is 0 Å². The summed E-state index contributed by atoms with van der Waals surface area (Å²) in [5.74, 6) is 0.770. The van der Waals surface area contributed by atoms with Gasteiger partial charge in [-0.1, -0.05) is 43.6 Å². The molecule has 0 aliphatic heterocycles. The second kappa shape index (κ2) is 8.76. The first-order chi connectivity index (χ1) is 7.06. The summed E-state index contributed by atoms with van der Waals surface area (Å²) >= 11 is 0. The van der Waals surface area contributed by atoms with Crippen molar-refractivity contribution >= 4 is 0 Å². The molecule has 1 unspecified atom stereocenters. The van der Waals surface area contributed by atoms with Gasteiger partial charge in [0, 0.05) is 0 Å². The fraction of sp³-hybridized carbons (Fsp3) is 0.667. The van der Waals surface area contributed by atoms with Gasteiger partial charge < -0.3 is 0 Å². The Morgan fingerprint density at radius 1 is 1.13 bits per heavy atom. The van der Waals surface area contributed by atoms with Crippen LogP contribution in [0.5, 0.6) is 0 Å². The third-order valence-corrected chi connectivity index (χ3v) is 2.74. The van der Waals surface area contributed by atoms with Gasteiger partial charge in [-0.05, 0) is 52.4 Å². The van der Waals surface area contributed by atoms with Crippen LogP contribution >= 0.6 is 0 Å². The van der Waals surface area contributed by atoms with Crippen molar-refractivity contribution in [3.63, 3.8) is 0 Å². The highest BCUT2D eigenvalue weighted by molar-refractivity contribution is 5.02. The molecule has 0 aliphatic rings. The molecule has 0 spiro atoms. The van der Waals surface area contributed by atoms with Gasteiger partial charge in [0.25, 0.3) is 0 Å². The first-order valence-corrected chi connectivity index (χ1v) is 6.14. The van der Waals surface area contributed by atoms with E-state index in [1.165, 1.54) is 36.8 Å². The van der Waals surface area contributed by atoms with Crippen LogP contribution in [0, 0.1) is 12.8 Å². The van der Waals surface area contributed by atoms with Gasteiger partial charge in [-0.2, -0.15) is 0 Å². The topological polar surface area (TPSA) is 0 Å². The van der Waals surface area contributed by atoms with E-state index in [-0.39, 0.29) is 0 Å². The van der Waals surface area contributed by atoms with Crippen molar-refractivity contribution in [3.8, 4) is 0 Å². The van der Waals surface area contributed by atoms with E-state index >= 15 is 0 Å². The Labute approximate surface area is 96.5 Å². The molecular formula is C15H27. The van der Waals surface area contributed by atoms with Crippen LogP contribution in [0.2, 0.25) is 0 Å². The van der Waals surface area contributed by atoms with E-state index in [0.717, 1.165) is 12.3 Å². The van der Waals surface area contributed by atoms with E-state index < -0.39 is 0 Å². The Kier molecular flexibility index (Phi) is 8.46. The zero-order valence-electron chi connectivity index (χ0n) is 11.0. The van der Waals surface area contributed by atoms with Gasteiger partial charge in [0.15, 0.2) is 0 Å². The minimum Gasteiger partial charge on any atom is -0.0856 e. The number of hydrogen-bond acceptors (Lipinski definition) is 0. The smallest absolute Gasteiger partial charge is 0.0288 e. The van der Waals surface area contributed by atoms with Crippen LogP contribution in [0.1, 0.15) is 59.8 Å². The minimum absolute atomic E-state index is 0.770. The Morgan fingerprint density at radius 3 is 2.33 bits per heavy atom. The molecule has 0 bridgehead atoms. The average Bonchev–Trinajstić information content (AvgIpc) is 2.17. The minimum atomic E-state index is 0.770. The first-order valence-electron chi connectivity index (χ1n) is 6.14. The molecule has 0 aromatic carbocycles. The van der Waals surface area contributed by atoms with Crippen LogP contribution in [0.15, 0.2) is 23.3 Å². The molecule has 0 fully saturated rings. The van der Waals surface area contributed by atoms with Crippen molar-refractivity contribution in [3.05, 3.63) is 30.2 Å². The van der Waals surface area contributed by atoms with Crippen molar-refractivity contribution in [1.82, 2.24) is 0 Å². The highest BCUT2D eigenvalue weighted by atomic mass is 14.0. The summed E-state index contributed by atoms with van der Waals surface area (Å²) in [6.07, 6.45) is 10.7. The molecule has 0 aliphatic carbocycles. The van der Waals surface area contributed by atoms with Crippen molar-refractivity contribution < 1.29 is 0 Å². The molecule has 0 N–H and O–H groups in total. The number of rotatable bonds is 7. The molecule has 87 valence electrons. The Hall–Kier alpha value is -0.520. The molecule has 1 atom stereocenters. The molecule has 0 aromatic heterocycles. The van der Waals surface area contributed by atoms with E-state index in [9.17, 15) is 0 Å². The van der Waals surface area contributed by atoms with Crippen LogP contribution < -0.4 is 0 Å². The molecule has 1 radical (unpaired) electrons. The van der Waals surface area contributed by atoms with Gasteiger partial charge in [0.05, 0.1) is 0 Å². The third-order valence-electron chi connectivity index (χ3n) is 2.74. The predicted molar refractivity (Wildman–Crippen MR) is 70.8 cm³/mol. The summed E-state index contributed by atoms with van der Waals surface area (Å²) in [5.41, 5.74) is 2.96. The standard InChI is InChI=1S/C15H27/c1-6-14(4)10-8-12-15(5)11-7-9-13(2)3/h9,12,14H,1,6-8,10-11H2,2-5H3/b15-12+. The monoisotopic (exact) mass is 207 g/mol. The highest BCUT2D eigenvalue weighted by Crippen LogP contribution is 2.13. The van der Waals surface area contributed by atoms with Crippen LogP contribution in [-0.2, 0) is 0 Å². The zero-order valence-corrected chi connectivity index (χ0v) is 11.0. The van der Waals surface area contributed by atoms with Gasteiger partial charge in [-0.25, -0.2) is 0 Å². The molecule has 0 aromatic rings. The zero-order chi connectivity index (χ0) is 11.7. The summed E-state index contributed by atoms with van der Waals surface area (Å²) in [4.78, 5) is 0. The summed E-state index contributed by atoms with van der Waals surface area (Å²) in [6.45, 7) is 12.8. The quantitative estimate of drug-likeness (QED) is 0.496. The molecule has 0 nitrogen and oxygen atoms in total. The van der Waals surface area contributed by atoms with Crippen LogP contribution in [0.4, 0.5) is 0 Å². The van der Waals surface area contributed by atoms with Gasteiger partial charge >= 0.3 is 0 Å². The molecule has 0 amide bonds. The maximum absolute atomic E-state index is 3.92. The lowest BCUT2D eigenvalue weighted by Gasteiger charge is -2.05. The third kappa shape index (κ3) is 9.78. The summed E-state index contributed by atoms with van der Waals surface area (Å²) in [5, 5.41) is 0. The van der Waals surface area contributed by atoms with Gasteiger partial charge in [0.1, 0.15) is 0 Å². The molecule has 0 saturated carbocycles. The molecule has 0 heteroatoms. The molecular weight excluding hydrogens is 180 g/mol. The summed E-state index contributed by atoms with van der Waals surface area (Å²) in [6, 6.07) is 0. The molecule has 0 saturated heterocycles. The highest BCUT2D eigenvalue weighted by Gasteiger charge is 1.96. The second-order valence-corrected chi connectivity index (χ2v) is 4.84. The van der Waals surface area contributed by atoms with E-state index in [1.807, 2.05) is 0 Å². The normalized spacial score (nSPS) is 13.8. The van der Waals surface area contributed by atoms with Crippen molar-refractivity contribution in [1.29, 1.82) is 0 Å². The second-order valence-electron chi connectivity index (χ2n) is 4.84. The van der Waals surface area contributed by atoms with Crippen LogP contribution in [0.25, 0.3) is 0 Å². The van der Waals surface area contributed by atoms with Gasteiger partial charge in [0.2, 0.25) is 0 Å². The van der Waals surface area contributed by atoms with Crippen molar-refractivity contribution in [2.45, 2.75) is 59.8 Å². The molecule has 0 heterocycles. The fourth-order valence-electron chi connectivity index (χ4n) is 1.45. The molecule has 0 rings (SSSR count). The van der Waals surface area contributed by atoms with Crippen LogP contribution in [0.3, 0.4) is 0 Å². The maximum atomic E-state index is 3.92. The Bertz CT molecular complexity index is 204. The van der Waals surface area contributed by atoms with E-state index in [2.05, 4.69) is 46.8 Å². The maximum Gasteiger partial charge on any atom is -0.0288 e. The summed E-state index contributed by atoms with van der Waals surface area (Å²) < 4.78 is 0. The molecule has 15 heavy (non-hydrogen) atoms. The lowest BCUT2D eigenvalue weighted by molar-refractivity contribution is 0.543.